The molecule has 0 radical (unpaired) electrons. The van der Waals surface area contributed by atoms with Gasteiger partial charge < -0.3 is 15.4 Å². The molecule has 0 spiro atoms. The summed E-state index contributed by atoms with van der Waals surface area (Å²) < 4.78 is 44.4. The van der Waals surface area contributed by atoms with E-state index >= 15 is 0 Å². The molecule has 2 amide bonds. The van der Waals surface area contributed by atoms with Crippen LogP contribution >= 0.6 is 23.1 Å². The number of alkyl halides is 3. The number of rotatable bonds is 10. The van der Waals surface area contributed by atoms with Crippen LogP contribution in [-0.4, -0.2) is 35.7 Å². The number of nitrogens with one attached hydrogen (secondary N) is 2. The van der Waals surface area contributed by atoms with Gasteiger partial charge in [0.05, 0.1) is 11.3 Å². The van der Waals surface area contributed by atoms with Crippen LogP contribution in [0.15, 0.2) is 71.6 Å². The largest absolute Gasteiger partial charge is 0.484 e. The maximum atomic E-state index is 12.9. The Balaban J connectivity index is 1.69. The average molecular weight is 508 g/mol. The molecule has 0 atom stereocenters. The molecule has 3 rings (SSSR count). The Kier molecular flexibility index (Phi) is 8.72. The molecule has 1 heterocycles. The lowest BCUT2D eigenvalue weighted by molar-refractivity contribution is -0.137. The highest BCUT2D eigenvalue weighted by molar-refractivity contribution is 8.01. The molecule has 1 aromatic heterocycles. The van der Waals surface area contributed by atoms with Crippen molar-refractivity contribution in [3.8, 4) is 17.0 Å². The zero-order valence-electron chi connectivity index (χ0n) is 17.7. The second-order valence-corrected chi connectivity index (χ2v) is 8.99. The van der Waals surface area contributed by atoms with Crippen LogP contribution in [0.5, 0.6) is 5.75 Å². The minimum Gasteiger partial charge on any atom is -0.484 e. The molecule has 178 valence electrons. The van der Waals surface area contributed by atoms with Crippen molar-refractivity contribution in [2.45, 2.75) is 10.5 Å². The Hall–Kier alpha value is -3.31. The van der Waals surface area contributed by atoms with Crippen LogP contribution in [0.4, 0.5) is 18.2 Å². The van der Waals surface area contributed by atoms with Crippen molar-refractivity contribution < 1.29 is 27.5 Å². The lowest BCUT2D eigenvalue weighted by Crippen LogP contribution is -2.24. The van der Waals surface area contributed by atoms with Crippen molar-refractivity contribution >= 4 is 39.9 Å². The number of benzene rings is 2. The smallest absolute Gasteiger partial charge is 0.416 e. The van der Waals surface area contributed by atoms with Crippen LogP contribution in [0.25, 0.3) is 11.3 Å². The van der Waals surface area contributed by atoms with Crippen LogP contribution in [-0.2, 0) is 15.8 Å². The predicted molar refractivity (Wildman–Crippen MR) is 127 cm³/mol. The fourth-order valence-electron chi connectivity index (χ4n) is 2.68. The van der Waals surface area contributed by atoms with Crippen LogP contribution in [0.3, 0.4) is 0 Å². The molecule has 11 heteroatoms. The van der Waals surface area contributed by atoms with Gasteiger partial charge in [0.2, 0.25) is 5.91 Å². The Morgan fingerprint density at radius 2 is 1.88 bits per heavy atom. The number of hydrogen-bond acceptors (Lipinski definition) is 6. The summed E-state index contributed by atoms with van der Waals surface area (Å²) in [5.41, 5.74) is 0.417. The monoisotopic (exact) mass is 507 g/mol. The van der Waals surface area contributed by atoms with E-state index in [0.717, 1.165) is 17.7 Å². The number of thioether (sulfide) groups is 1. The van der Waals surface area contributed by atoms with Gasteiger partial charge in [-0.15, -0.1) is 6.58 Å². The number of carbonyl (C=O) groups excluding carboxylic acids is 2. The zero-order valence-corrected chi connectivity index (χ0v) is 19.4. The van der Waals surface area contributed by atoms with Gasteiger partial charge in [0, 0.05) is 12.1 Å². The number of halogens is 3. The third-order valence-corrected chi connectivity index (χ3v) is 6.32. The minimum atomic E-state index is -4.51. The van der Waals surface area contributed by atoms with E-state index in [-0.39, 0.29) is 17.4 Å². The number of hydrogen-bond donors (Lipinski definition) is 2. The van der Waals surface area contributed by atoms with Crippen molar-refractivity contribution in [2.75, 3.05) is 24.2 Å². The molecule has 3 aromatic rings. The van der Waals surface area contributed by atoms with E-state index in [1.54, 1.807) is 6.08 Å². The van der Waals surface area contributed by atoms with Crippen LogP contribution in [0, 0.1) is 0 Å². The highest BCUT2D eigenvalue weighted by Gasteiger charge is 2.30. The van der Waals surface area contributed by atoms with Gasteiger partial charge in [-0.25, -0.2) is 4.98 Å². The number of amides is 2. The van der Waals surface area contributed by atoms with Crippen molar-refractivity contribution in [1.82, 2.24) is 10.3 Å². The minimum absolute atomic E-state index is 0.0701. The molecule has 0 unspecified atom stereocenters. The molecule has 0 bridgehead atoms. The topological polar surface area (TPSA) is 80.3 Å². The second-order valence-electron chi connectivity index (χ2n) is 6.77. The summed E-state index contributed by atoms with van der Waals surface area (Å²) in [6.07, 6.45) is -2.93. The van der Waals surface area contributed by atoms with Gasteiger partial charge in [0.25, 0.3) is 5.91 Å². The highest BCUT2D eigenvalue weighted by atomic mass is 32.2. The first kappa shape index (κ1) is 25.3. The number of thiazole rings is 1. The molecular formula is C23H20F3N3O3S2. The molecule has 0 saturated carbocycles. The fourth-order valence-corrected chi connectivity index (χ4v) is 4.59. The van der Waals surface area contributed by atoms with Gasteiger partial charge in [-0.05, 0) is 18.2 Å². The Morgan fingerprint density at radius 1 is 1.12 bits per heavy atom. The SMILES string of the molecule is C=CCNC(=O)CSc1nc(-c2ccccc2)c(NC(=O)COc2cccc(C(F)(F)F)c2)s1. The number of aromatic nitrogens is 1. The molecule has 0 aliphatic rings. The van der Waals surface area contributed by atoms with E-state index in [4.69, 9.17) is 4.74 Å². The van der Waals surface area contributed by atoms with Crippen LogP contribution in [0.2, 0.25) is 0 Å². The standard InChI is InChI=1S/C23H20F3N3O3S2/c1-2-11-27-19(31)14-33-22-29-20(15-7-4-3-5-8-15)21(34-22)28-18(30)13-32-17-10-6-9-16(12-17)23(24,25)26/h2-10,12H,1,11,13-14H2,(H,27,31)(H,28,30). The van der Waals surface area contributed by atoms with E-state index in [1.165, 1.54) is 35.2 Å². The van der Waals surface area contributed by atoms with Crippen molar-refractivity contribution in [3.05, 3.63) is 72.8 Å². The number of carbonyl (C=O) groups is 2. The number of ether oxygens (including phenoxy) is 1. The summed E-state index contributed by atoms with van der Waals surface area (Å²) in [4.78, 5) is 28.9. The summed E-state index contributed by atoms with van der Waals surface area (Å²) in [6, 6.07) is 13.5. The summed E-state index contributed by atoms with van der Waals surface area (Å²) in [6.45, 7) is 3.42. The third-order valence-electron chi connectivity index (χ3n) is 4.21. The van der Waals surface area contributed by atoms with E-state index < -0.39 is 24.3 Å². The van der Waals surface area contributed by atoms with Gasteiger partial charge in [0.15, 0.2) is 10.9 Å². The van der Waals surface area contributed by atoms with Crippen molar-refractivity contribution in [1.29, 1.82) is 0 Å². The molecule has 0 saturated heterocycles. The first-order chi connectivity index (χ1) is 16.3. The molecule has 34 heavy (non-hydrogen) atoms. The Bertz CT molecular complexity index is 1150. The van der Waals surface area contributed by atoms with Gasteiger partial charge >= 0.3 is 6.18 Å². The molecule has 0 aliphatic heterocycles. The van der Waals surface area contributed by atoms with Gasteiger partial charge in [-0.1, -0.05) is 65.6 Å². The maximum Gasteiger partial charge on any atom is 0.416 e. The summed E-state index contributed by atoms with van der Waals surface area (Å²) >= 11 is 2.41. The average Bonchev–Trinajstić information content (AvgIpc) is 3.22. The Morgan fingerprint density at radius 3 is 2.59 bits per heavy atom. The lowest BCUT2D eigenvalue weighted by atomic mass is 10.2. The lowest BCUT2D eigenvalue weighted by Gasteiger charge is -2.10. The van der Waals surface area contributed by atoms with Crippen LogP contribution < -0.4 is 15.4 Å². The Labute approximate surface area is 202 Å². The van der Waals surface area contributed by atoms with Gasteiger partial charge in [-0.2, -0.15) is 13.2 Å². The normalized spacial score (nSPS) is 11.0. The second kappa shape index (κ2) is 11.7. The van der Waals surface area contributed by atoms with E-state index in [2.05, 4.69) is 22.2 Å². The van der Waals surface area contributed by atoms with Crippen LogP contribution in [0.1, 0.15) is 5.56 Å². The molecular weight excluding hydrogens is 487 g/mol. The van der Waals surface area contributed by atoms with Crippen molar-refractivity contribution in [2.24, 2.45) is 0 Å². The van der Waals surface area contributed by atoms with E-state index in [1.807, 2.05) is 30.3 Å². The van der Waals surface area contributed by atoms with Gasteiger partial charge in [0.1, 0.15) is 16.4 Å². The van der Waals surface area contributed by atoms with E-state index in [9.17, 15) is 22.8 Å². The summed E-state index contributed by atoms with van der Waals surface area (Å²) in [5, 5.41) is 5.83. The first-order valence-corrected chi connectivity index (χ1v) is 11.7. The summed E-state index contributed by atoms with van der Waals surface area (Å²) in [5.74, 6) is -0.666. The predicted octanol–water partition coefficient (Wildman–Crippen LogP) is 5.24. The fraction of sp³-hybridized carbons (Fsp3) is 0.174. The molecule has 0 aliphatic carbocycles. The van der Waals surface area contributed by atoms with Crippen molar-refractivity contribution in [3.63, 3.8) is 0 Å². The molecule has 2 N–H and O–H groups in total. The summed E-state index contributed by atoms with van der Waals surface area (Å²) in [7, 11) is 0. The first-order valence-electron chi connectivity index (χ1n) is 9.93. The molecule has 0 fully saturated rings. The number of nitrogens with zero attached hydrogens (tertiary/aromatic N) is 1. The molecule has 2 aromatic carbocycles. The highest BCUT2D eigenvalue weighted by Crippen LogP contribution is 2.37. The molecule has 6 nitrogen and oxygen atoms in total. The number of anilines is 1. The zero-order chi connectivity index (χ0) is 24.6. The third kappa shape index (κ3) is 7.35. The maximum absolute atomic E-state index is 12.9. The van der Waals surface area contributed by atoms with Gasteiger partial charge in [-0.3, -0.25) is 9.59 Å². The van der Waals surface area contributed by atoms with E-state index in [0.29, 0.717) is 21.6 Å². The quantitative estimate of drug-likeness (QED) is 0.290.